The lowest BCUT2D eigenvalue weighted by atomic mass is 10.1. The Balaban J connectivity index is 3.93. The van der Waals surface area contributed by atoms with Crippen molar-refractivity contribution in [1.82, 2.24) is 10.6 Å². The molecule has 0 aliphatic rings. The lowest BCUT2D eigenvalue weighted by molar-refractivity contribution is -0.111. The van der Waals surface area contributed by atoms with E-state index in [1.54, 1.807) is 13.8 Å². The third-order valence-electron chi connectivity index (χ3n) is 1.35. The average molecular weight is 172 g/mol. The largest absolute Gasteiger partial charge is 0.328 e. The minimum atomic E-state index is -0.657. The van der Waals surface area contributed by atoms with Crippen LogP contribution in [0.4, 0.5) is 4.79 Å². The molecule has 0 aromatic rings. The summed E-state index contributed by atoms with van der Waals surface area (Å²) < 4.78 is 0. The first-order valence-electron chi connectivity index (χ1n) is 3.57. The summed E-state index contributed by atoms with van der Waals surface area (Å²) in [5.41, 5.74) is 0. The van der Waals surface area contributed by atoms with Gasteiger partial charge in [-0.3, -0.25) is 10.1 Å². The zero-order valence-corrected chi connectivity index (χ0v) is 7.03. The highest BCUT2D eigenvalue weighted by Crippen LogP contribution is 1.97. The van der Waals surface area contributed by atoms with Gasteiger partial charge < -0.3 is 10.1 Å². The van der Waals surface area contributed by atoms with Gasteiger partial charge in [0, 0.05) is 0 Å². The van der Waals surface area contributed by atoms with Crippen LogP contribution in [0.2, 0.25) is 0 Å². The van der Waals surface area contributed by atoms with E-state index in [9.17, 15) is 14.4 Å². The summed E-state index contributed by atoms with van der Waals surface area (Å²) in [6, 6.07) is -1.21. The van der Waals surface area contributed by atoms with E-state index in [1.807, 2.05) is 5.32 Å². The summed E-state index contributed by atoms with van der Waals surface area (Å²) >= 11 is 0. The normalized spacial score (nSPS) is 11.9. The smallest absolute Gasteiger partial charge is 0.321 e. The Morgan fingerprint density at radius 3 is 2.25 bits per heavy atom. The molecule has 0 saturated heterocycles. The lowest BCUT2D eigenvalue weighted by Crippen LogP contribution is -2.44. The first kappa shape index (κ1) is 10.6. The number of hydrogen-bond acceptors (Lipinski definition) is 3. The van der Waals surface area contributed by atoms with Crippen molar-refractivity contribution in [3.05, 3.63) is 0 Å². The van der Waals surface area contributed by atoms with Crippen molar-refractivity contribution in [2.24, 2.45) is 5.92 Å². The highest BCUT2D eigenvalue weighted by molar-refractivity contribution is 5.86. The van der Waals surface area contributed by atoms with Crippen LogP contribution < -0.4 is 10.6 Å². The Hall–Kier alpha value is -1.39. The number of urea groups is 1. The summed E-state index contributed by atoms with van der Waals surface area (Å²) in [5.74, 6) is 0.0138. The number of carbonyl (C=O) groups is 3. The topological polar surface area (TPSA) is 75.3 Å². The van der Waals surface area contributed by atoms with Gasteiger partial charge in [0.25, 0.3) is 0 Å². The minimum Gasteiger partial charge on any atom is -0.328 e. The van der Waals surface area contributed by atoms with E-state index in [1.165, 1.54) is 0 Å². The molecule has 2 N–H and O–H groups in total. The predicted octanol–water partition coefficient (Wildman–Crippen LogP) is -0.334. The van der Waals surface area contributed by atoms with Gasteiger partial charge in [-0.2, -0.15) is 0 Å². The van der Waals surface area contributed by atoms with Crippen molar-refractivity contribution < 1.29 is 14.4 Å². The Kier molecular flexibility index (Phi) is 4.67. The van der Waals surface area contributed by atoms with Crippen molar-refractivity contribution in [1.29, 1.82) is 0 Å². The van der Waals surface area contributed by atoms with Crippen LogP contribution in [0.15, 0.2) is 0 Å². The predicted molar refractivity (Wildman–Crippen MR) is 42.4 cm³/mol. The van der Waals surface area contributed by atoms with Crippen molar-refractivity contribution in [3.8, 4) is 0 Å². The Morgan fingerprint density at radius 2 is 1.92 bits per heavy atom. The van der Waals surface area contributed by atoms with Crippen LogP contribution in [0.3, 0.4) is 0 Å². The number of rotatable bonds is 4. The van der Waals surface area contributed by atoms with Crippen molar-refractivity contribution >= 4 is 18.7 Å². The van der Waals surface area contributed by atoms with Crippen LogP contribution in [0.1, 0.15) is 13.8 Å². The van der Waals surface area contributed by atoms with Crippen LogP contribution in [-0.2, 0) is 9.59 Å². The average Bonchev–Trinajstić information content (AvgIpc) is 2.00. The van der Waals surface area contributed by atoms with E-state index >= 15 is 0 Å². The Labute approximate surface area is 70.5 Å². The van der Waals surface area contributed by atoms with E-state index in [4.69, 9.17) is 0 Å². The molecule has 0 bridgehead atoms. The fraction of sp³-hybridized carbons (Fsp3) is 0.571. The maximum Gasteiger partial charge on any atom is 0.321 e. The molecule has 0 saturated carbocycles. The quantitative estimate of drug-likeness (QED) is 0.570. The van der Waals surface area contributed by atoms with E-state index in [-0.39, 0.29) is 12.3 Å². The monoisotopic (exact) mass is 172 g/mol. The third kappa shape index (κ3) is 3.70. The van der Waals surface area contributed by atoms with Crippen LogP contribution in [0, 0.1) is 5.92 Å². The maximum absolute atomic E-state index is 10.7. The summed E-state index contributed by atoms with van der Waals surface area (Å²) in [7, 11) is 0. The van der Waals surface area contributed by atoms with Crippen LogP contribution in [-0.4, -0.2) is 24.8 Å². The van der Waals surface area contributed by atoms with Crippen molar-refractivity contribution in [3.63, 3.8) is 0 Å². The van der Waals surface area contributed by atoms with E-state index < -0.39 is 12.1 Å². The molecule has 1 atom stereocenters. The molecule has 0 fully saturated rings. The van der Waals surface area contributed by atoms with Crippen LogP contribution in [0.25, 0.3) is 0 Å². The molecular formula is C7H12N2O3. The van der Waals surface area contributed by atoms with Gasteiger partial charge in [0.2, 0.25) is 6.41 Å². The number of carbonyl (C=O) groups excluding carboxylic acids is 3. The fourth-order valence-electron chi connectivity index (χ4n) is 0.604. The highest BCUT2D eigenvalue weighted by Gasteiger charge is 2.13. The van der Waals surface area contributed by atoms with Gasteiger partial charge in [-0.25, -0.2) is 4.79 Å². The van der Waals surface area contributed by atoms with Gasteiger partial charge >= 0.3 is 6.03 Å². The summed E-state index contributed by atoms with van der Waals surface area (Å²) in [6.07, 6.45) is 0.895. The van der Waals surface area contributed by atoms with Gasteiger partial charge in [-0.05, 0) is 5.92 Å². The fourth-order valence-corrected chi connectivity index (χ4v) is 0.604. The first-order valence-corrected chi connectivity index (χ1v) is 3.57. The molecule has 12 heavy (non-hydrogen) atoms. The molecule has 1 unspecified atom stereocenters. The SMILES string of the molecule is CC(C)C(C=O)NC(=O)NC=O. The molecule has 68 valence electrons. The number of imide groups is 1. The molecule has 0 radical (unpaired) electrons. The molecular weight excluding hydrogens is 160 g/mol. The second-order valence-electron chi connectivity index (χ2n) is 2.64. The highest BCUT2D eigenvalue weighted by atomic mass is 16.2. The van der Waals surface area contributed by atoms with Gasteiger partial charge in [0.1, 0.15) is 6.29 Å². The molecule has 5 nitrogen and oxygen atoms in total. The molecule has 0 aromatic heterocycles. The number of aldehydes is 1. The van der Waals surface area contributed by atoms with Gasteiger partial charge in [-0.15, -0.1) is 0 Å². The first-order chi connectivity index (χ1) is 5.61. The molecule has 0 rings (SSSR count). The summed E-state index contributed by atoms with van der Waals surface area (Å²) in [5, 5.41) is 4.19. The summed E-state index contributed by atoms with van der Waals surface area (Å²) in [6.45, 7) is 3.58. The van der Waals surface area contributed by atoms with Gasteiger partial charge in [0.15, 0.2) is 0 Å². The molecule has 0 aliphatic carbocycles. The van der Waals surface area contributed by atoms with Crippen molar-refractivity contribution in [2.45, 2.75) is 19.9 Å². The number of hydrogen-bond donors (Lipinski definition) is 2. The van der Waals surface area contributed by atoms with E-state index in [0.717, 1.165) is 0 Å². The molecule has 0 spiro atoms. The molecule has 0 heterocycles. The second-order valence-corrected chi connectivity index (χ2v) is 2.64. The van der Waals surface area contributed by atoms with E-state index in [2.05, 4.69) is 5.32 Å². The Bertz CT molecular complexity index is 179. The third-order valence-corrected chi connectivity index (χ3v) is 1.35. The minimum absolute atomic E-state index is 0.0138. The van der Waals surface area contributed by atoms with Crippen LogP contribution >= 0.6 is 0 Å². The number of amides is 3. The van der Waals surface area contributed by atoms with E-state index in [0.29, 0.717) is 6.29 Å². The van der Waals surface area contributed by atoms with Crippen LogP contribution in [0.5, 0.6) is 0 Å². The maximum atomic E-state index is 10.7. The number of nitrogens with one attached hydrogen (secondary N) is 2. The molecule has 5 heteroatoms. The molecule has 0 aliphatic heterocycles. The Morgan fingerprint density at radius 1 is 1.33 bits per heavy atom. The van der Waals surface area contributed by atoms with Crippen molar-refractivity contribution in [2.75, 3.05) is 0 Å². The zero-order valence-electron chi connectivity index (χ0n) is 7.03. The van der Waals surface area contributed by atoms with Gasteiger partial charge in [-0.1, -0.05) is 13.8 Å². The zero-order chi connectivity index (χ0) is 9.56. The second kappa shape index (κ2) is 5.29. The molecule has 3 amide bonds. The lowest BCUT2D eigenvalue weighted by Gasteiger charge is -2.14. The summed E-state index contributed by atoms with van der Waals surface area (Å²) in [4.78, 5) is 30.9. The standard InChI is InChI=1S/C7H12N2O3/c1-5(2)6(3-10)9-7(12)8-4-11/h3-6H,1-2H3,(H2,8,9,11,12). The van der Waals surface area contributed by atoms with Gasteiger partial charge in [0.05, 0.1) is 6.04 Å². The molecule has 0 aromatic carbocycles.